The monoisotopic (exact) mass is 160 g/mol. The Morgan fingerprint density at radius 1 is 1.00 bits per heavy atom. The number of hydrogen-bond donors (Lipinski definition) is 0. The molecule has 60 valence electrons. The lowest BCUT2D eigenvalue weighted by atomic mass is 10.0. The molecule has 0 bridgehead atoms. The molecule has 0 fully saturated rings. The van der Waals surface area contributed by atoms with Gasteiger partial charge in [0.1, 0.15) is 0 Å². The highest BCUT2D eigenvalue weighted by Crippen LogP contribution is 2.23. The number of allylic oxidation sites excluding steroid dienone is 2. The Morgan fingerprint density at radius 2 is 1.40 bits per heavy atom. The fraction of sp³-hybridized carbons (Fsp3) is 0.778. The molecule has 0 radical (unpaired) electrons. The molecular formula is C9H17Cl. The maximum Gasteiger partial charge on any atom is 0.0198 e. The van der Waals surface area contributed by atoms with Gasteiger partial charge in [-0.25, -0.2) is 0 Å². The summed E-state index contributed by atoms with van der Waals surface area (Å²) >= 11 is 6.04. The van der Waals surface area contributed by atoms with E-state index in [2.05, 4.69) is 34.6 Å². The molecule has 0 heterocycles. The first-order chi connectivity index (χ1) is 4.46. The van der Waals surface area contributed by atoms with E-state index >= 15 is 0 Å². The van der Waals surface area contributed by atoms with E-state index in [1.54, 1.807) is 0 Å². The molecular weight excluding hydrogens is 144 g/mol. The summed E-state index contributed by atoms with van der Waals surface area (Å²) in [5, 5.41) is 1.02. The minimum Gasteiger partial charge on any atom is -0.0889 e. The van der Waals surface area contributed by atoms with Crippen molar-refractivity contribution < 1.29 is 0 Å². The van der Waals surface area contributed by atoms with Crippen molar-refractivity contribution in [3.63, 3.8) is 0 Å². The van der Waals surface area contributed by atoms with Crippen LogP contribution in [0.25, 0.3) is 0 Å². The molecule has 0 N–H and O–H groups in total. The summed E-state index contributed by atoms with van der Waals surface area (Å²) in [4.78, 5) is 0. The Morgan fingerprint density at radius 3 is 1.50 bits per heavy atom. The molecule has 0 saturated carbocycles. The predicted octanol–water partition coefficient (Wildman–Crippen LogP) is 3.81. The first-order valence-electron chi connectivity index (χ1n) is 3.83. The van der Waals surface area contributed by atoms with Crippen molar-refractivity contribution in [1.29, 1.82) is 0 Å². The van der Waals surface area contributed by atoms with Crippen molar-refractivity contribution in [2.45, 2.75) is 34.6 Å². The normalized spacial score (nSPS) is 14.4. The molecule has 0 atom stereocenters. The topological polar surface area (TPSA) is 0 Å². The third-order valence-corrected chi connectivity index (χ3v) is 2.48. The quantitative estimate of drug-likeness (QED) is 0.577. The van der Waals surface area contributed by atoms with Gasteiger partial charge in [-0.05, 0) is 18.8 Å². The Bertz CT molecular complexity index is 116. The summed E-state index contributed by atoms with van der Waals surface area (Å²) in [6.07, 6.45) is 0. The SMILES string of the molecule is C/C(=C(/Cl)C(C)C)C(C)C. The van der Waals surface area contributed by atoms with Gasteiger partial charge in [0, 0.05) is 5.03 Å². The van der Waals surface area contributed by atoms with Crippen LogP contribution < -0.4 is 0 Å². The summed E-state index contributed by atoms with van der Waals surface area (Å²) in [6, 6.07) is 0. The number of halogens is 1. The van der Waals surface area contributed by atoms with Crippen molar-refractivity contribution in [3.8, 4) is 0 Å². The lowest BCUT2D eigenvalue weighted by molar-refractivity contribution is 0.720. The Hall–Kier alpha value is 0.0300. The van der Waals surface area contributed by atoms with Crippen LogP contribution in [0.4, 0.5) is 0 Å². The van der Waals surface area contributed by atoms with E-state index in [0.29, 0.717) is 11.8 Å². The second-order valence-electron chi connectivity index (χ2n) is 3.34. The van der Waals surface area contributed by atoms with E-state index in [1.165, 1.54) is 5.57 Å². The molecule has 0 aromatic heterocycles. The molecule has 0 aromatic rings. The van der Waals surface area contributed by atoms with Gasteiger partial charge in [0.25, 0.3) is 0 Å². The fourth-order valence-corrected chi connectivity index (χ4v) is 0.949. The predicted molar refractivity (Wildman–Crippen MR) is 48.2 cm³/mol. The minimum atomic E-state index is 0.476. The van der Waals surface area contributed by atoms with Gasteiger partial charge in [-0.15, -0.1) is 0 Å². The zero-order valence-electron chi connectivity index (χ0n) is 7.53. The third kappa shape index (κ3) is 2.74. The maximum absolute atomic E-state index is 6.04. The molecule has 0 aliphatic heterocycles. The molecule has 0 rings (SSSR count). The first kappa shape index (κ1) is 10.0. The van der Waals surface area contributed by atoms with Crippen molar-refractivity contribution in [2.75, 3.05) is 0 Å². The lowest BCUT2D eigenvalue weighted by Crippen LogP contribution is -1.96. The van der Waals surface area contributed by atoms with Crippen LogP contribution in [0.2, 0.25) is 0 Å². The van der Waals surface area contributed by atoms with E-state index < -0.39 is 0 Å². The van der Waals surface area contributed by atoms with Gasteiger partial charge in [0.15, 0.2) is 0 Å². The highest BCUT2D eigenvalue weighted by Gasteiger charge is 2.06. The summed E-state index contributed by atoms with van der Waals surface area (Å²) in [5.74, 6) is 1.05. The van der Waals surface area contributed by atoms with Crippen LogP contribution in [-0.2, 0) is 0 Å². The molecule has 0 amide bonds. The fourth-order valence-electron chi connectivity index (χ4n) is 0.731. The van der Waals surface area contributed by atoms with E-state index in [4.69, 9.17) is 11.6 Å². The molecule has 10 heavy (non-hydrogen) atoms. The largest absolute Gasteiger partial charge is 0.0889 e. The molecule has 0 saturated heterocycles. The first-order valence-corrected chi connectivity index (χ1v) is 4.20. The standard InChI is InChI=1S/C9H17Cl/c1-6(2)8(5)9(10)7(3)4/h6-7H,1-5H3/b9-8-. The zero-order chi connectivity index (χ0) is 8.31. The zero-order valence-corrected chi connectivity index (χ0v) is 8.29. The smallest absolute Gasteiger partial charge is 0.0198 e. The van der Waals surface area contributed by atoms with E-state index in [-0.39, 0.29) is 0 Å². The van der Waals surface area contributed by atoms with Crippen LogP contribution in [0.3, 0.4) is 0 Å². The summed E-state index contributed by atoms with van der Waals surface area (Å²) < 4.78 is 0. The molecule has 0 aliphatic carbocycles. The molecule has 0 spiro atoms. The van der Waals surface area contributed by atoms with Crippen LogP contribution in [0.1, 0.15) is 34.6 Å². The summed E-state index contributed by atoms with van der Waals surface area (Å²) in [7, 11) is 0. The van der Waals surface area contributed by atoms with Crippen LogP contribution in [0.15, 0.2) is 10.6 Å². The highest BCUT2D eigenvalue weighted by molar-refractivity contribution is 6.30. The molecule has 0 aliphatic rings. The van der Waals surface area contributed by atoms with Crippen molar-refractivity contribution >= 4 is 11.6 Å². The Labute approximate surface area is 69.3 Å². The van der Waals surface area contributed by atoms with Gasteiger partial charge in [0.2, 0.25) is 0 Å². The summed E-state index contributed by atoms with van der Waals surface area (Å²) in [5.41, 5.74) is 1.32. The van der Waals surface area contributed by atoms with Crippen molar-refractivity contribution in [2.24, 2.45) is 11.8 Å². The van der Waals surface area contributed by atoms with Gasteiger partial charge >= 0.3 is 0 Å². The summed E-state index contributed by atoms with van der Waals surface area (Å²) in [6.45, 7) is 10.7. The molecule has 0 aromatic carbocycles. The van der Waals surface area contributed by atoms with Gasteiger partial charge in [0.05, 0.1) is 0 Å². The van der Waals surface area contributed by atoms with Crippen LogP contribution >= 0.6 is 11.6 Å². The Kier molecular flexibility index (Phi) is 4.04. The van der Waals surface area contributed by atoms with Crippen LogP contribution in [0, 0.1) is 11.8 Å². The van der Waals surface area contributed by atoms with Crippen molar-refractivity contribution in [3.05, 3.63) is 10.6 Å². The second kappa shape index (κ2) is 4.02. The van der Waals surface area contributed by atoms with Gasteiger partial charge in [-0.3, -0.25) is 0 Å². The van der Waals surface area contributed by atoms with E-state index in [1.807, 2.05) is 0 Å². The second-order valence-corrected chi connectivity index (χ2v) is 3.75. The van der Waals surface area contributed by atoms with E-state index in [0.717, 1.165) is 5.03 Å². The van der Waals surface area contributed by atoms with Gasteiger partial charge in [-0.1, -0.05) is 44.9 Å². The highest BCUT2D eigenvalue weighted by atomic mass is 35.5. The van der Waals surface area contributed by atoms with Gasteiger partial charge in [-0.2, -0.15) is 0 Å². The molecule has 1 heteroatoms. The number of hydrogen-bond acceptors (Lipinski definition) is 0. The average molecular weight is 161 g/mol. The maximum atomic E-state index is 6.04. The van der Waals surface area contributed by atoms with Crippen molar-refractivity contribution in [1.82, 2.24) is 0 Å². The minimum absolute atomic E-state index is 0.476. The molecule has 0 nitrogen and oxygen atoms in total. The van der Waals surface area contributed by atoms with Crippen LogP contribution in [-0.4, -0.2) is 0 Å². The van der Waals surface area contributed by atoms with Crippen LogP contribution in [0.5, 0.6) is 0 Å². The van der Waals surface area contributed by atoms with E-state index in [9.17, 15) is 0 Å². The average Bonchev–Trinajstić information content (AvgIpc) is 1.84. The number of rotatable bonds is 2. The molecule has 0 unspecified atom stereocenters. The Balaban J connectivity index is 4.34. The van der Waals surface area contributed by atoms with Gasteiger partial charge < -0.3 is 0 Å². The lowest BCUT2D eigenvalue weighted by Gasteiger charge is -2.11. The third-order valence-electron chi connectivity index (χ3n) is 1.75.